The Morgan fingerprint density at radius 3 is 2.97 bits per heavy atom. The molecule has 0 spiro atoms. The molecule has 0 saturated carbocycles. The highest BCUT2D eigenvalue weighted by atomic mass is 19.1. The molecule has 146 valence electrons. The zero-order chi connectivity index (χ0) is 20.2. The lowest BCUT2D eigenvalue weighted by Gasteiger charge is -2.09. The number of oxime groups is 1. The highest BCUT2D eigenvalue weighted by Gasteiger charge is 2.09. The molecular formula is C20H18FN7O. The van der Waals surface area contributed by atoms with Gasteiger partial charge in [0.25, 0.3) is 0 Å². The SMILES string of the molecule is CO/N=C/c1c(N)ncnc1Nc1ccc2nn(Cc3cccc(F)c3)cc2c1. The Labute approximate surface area is 165 Å². The van der Waals surface area contributed by atoms with E-state index >= 15 is 0 Å². The van der Waals surface area contributed by atoms with Crippen LogP contribution in [-0.4, -0.2) is 33.1 Å². The van der Waals surface area contributed by atoms with Gasteiger partial charge in [-0.15, -0.1) is 0 Å². The second-order valence-corrected chi connectivity index (χ2v) is 6.29. The molecule has 0 bridgehead atoms. The summed E-state index contributed by atoms with van der Waals surface area (Å²) in [6.07, 6.45) is 4.73. The summed E-state index contributed by atoms with van der Waals surface area (Å²) in [7, 11) is 1.44. The number of halogens is 1. The van der Waals surface area contributed by atoms with Gasteiger partial charge in [-0.25, -0.2) is 14.4 Å². The van der Waals surface area contributed by atoms with Crippen molar-refractivity contribution in [3.05, 3.63) is 71.9 Å². The third-order valence-corrected chi connectivity index (χ3v) is 4.25. The van der Waals surface area contributed by atoms with Crippen molar-refractivity contribution in [2.24, 2.45) is 5.16 Å². The average molecular weight is 391 g/mol. The van der Waals surface area contributed by atoms with E-state index in [0.717, 1.165) is 22.2 Å². The summed E-state index contributed by atoms with van der Waals surface area (Å²) in [5.74, 6) is 0.528. The minimum absolute atomic E-state index is 0.261. The summed E-state index contributed by atoms with van der Waals surface area (Å²) < 4.78 is 15.2. The molecule has 0 fully saturated rings. The van der Waals surface area contributed by atoms with Gasteiger partial charge in [0.05, 0.1) is 23.8 Å². The van der Waals surface area contributed by atoms with Crippen molar-refractivity contribution in [3.8, 4) is 0 Å². The summed E-state index contributed by atoms with van der Waals surface area (Å²) in [4.78, 5) is 12.9. The van der Waals surface area contributed by atoms with Crippen LogP contribution in [0.4, 0.5) is 21.7 Å². The molecule has 0 aliphatic heterocycles. The first-order valence-electron chi connectivity index (χ1n) is 8.78. The first kappa shape index (κ1) is 18.4. The summed E-state index contributed by atoms with van der Waals surface area (Å²) in [6, 6.07) is 12.2. The third kappa shape index (κ3) is 4.13. The Morgan fingerprint density at radius 2 is 2.14 bits per heavy atom. The van der Waals surface area contributed by atoms with E-state index in [-0.39, 0.29) is 11.6 Å². The maximum atomic E-state index is 13.4. The second kappa shape index (κ2) is 7.93. The zero-order valence-electron chi connectivity index (χ0n) is 15.6. The molecule has 2 aromatic heterocycles. The molecule has 8 nitrogen and oxygen atoms in total. The number of nitrogens with one attached hydrogen (secondary N) is 1. The molecule has 0 radical (unpaired) electrons. The van der Waals surface area contributed by atoms with Crippen LogP contribution in [0, 0.1) is 5.82 Å². The van der Waals surface area contributed by atoms with E-state index in [2.05, 4.69) is 25.5 Å². The average Bonchev–Trinajstić information content (AvgIpc) is 3.09. The third-order valence-electron chi connectivity index (χ3n) is 4.25. The molecule has 0 aliphatic carbocycles. The molecule has 2 aromatic carbocycles. The number of hydrogen-bond donors (Lipinski definition) is 2. The molecule has 29 heavy (non-hydrogen) atoms. The van der Waals surface area contributed by atoms with Gasteiger partial charge in [-0.2, -0.15) is 5.10 Å². The monoisotopic (exact) mass is 391 g/mol. The van der Waals surface area contributed by atoms with Crippen LogP contribution in [0.1, 0.15) is 11.1 Å². The second-order valence-electron chi connectivity index (χ2n) is 6.29. The van der Waals surface area contributed by atoms with Crippen LogP contribution in [0.5, 0.6) is 0 Å². The standard InChI is InChI=1S/C20H18FN7O/c1-29-25-9-17-19(22)23-12-24-20(17)26-16-5-6-18-14(8-16)11-28(27-18)10-13-3-2-4-15(21)7-13/h2-9,11-12H,10H2,1H3,(H3,22,23,24,26)/b25-9+. The molecule has 0 aliphatic rings. The molecule has 0 saturated heterocycles. The number of rotatable bonds is 6. The van der Waals surface area contributed by atoms with Crippen molar-refractivity contribution in [1.29, 1.82) is 0 Å². The van der Waals surface area contributed by atoms with Crippen LogP contribution in [0.15, 0.2) is 60.1 Å². The molecule has 0 atom stereocenters. The number of nitrogens with zero attached hydrogens (tertiary/aromatic N) is 5. The van der Waals surface area contributed by atoms with Gasteiger partial charge in [0, 0.05) is 17.3 Å². The van der Waals surface area contributed by atoms with Gasteiger partial charge in [0.15, 0.2) is 0 Å². The first-order valence-corrected chi connectivity index (χ1v) is 8.78. The minimum Gasteiger partial charge on any atom is -0.399 e. The van der Waals surface area contributed by atoms with Gasteiger partial charge in [-0.1, -0.05) is 17.3 Å². The predicted octanol–water partition coefficient (Wildman–Crippen LogP) is 3.32. The van der Waals surface area contributed by atoms with Crippen molar-refractivity contribution in [2.45, 2.75) is 6.54 Å². The van der Waals surface area contributed by atoms with Crippen molar-refractivity contribution in [3.63, 3.8) is 0 Å². The fourth-order valence-electron chi connectivity index (χ4n) is 2.94. The van der Waals surface area contributed by atoms with Crippen molar-refractivity contribution in [1.82, 2.24) is 19.7 Å². The molecule has 2 heterocycles. The van der Waals surface area contributed by atoms with Crippen molar-refractivity contribution in [2.75, 3.05) is 18.2 Å². The summed E-state index contributed by atoms with van der Waals surface area (Å²) in [5, 5.41) is 12.4. The highest BCUT2D eigenvalue weighted by molar-refractivity contribution is 5.93. The fourth-order valence-corrected chi connectivity index (χ4v) is 2.94. The number of anilines is 3. The van der Waals surface area contributed by atoms with E-state index in [1.165, 1.54) is 31.8 Å². The van der Waals surface area contributed by atoms with Gasteiger partial charge in [-0.05, 0) is 35.9 Å². The molecule has 0 amide bonds. The topological polar surface area (TPSA) is 103 Å². The number of benzene rings is 2. The van der Waals surface area contributed by atoms with E-state index < -0.39 is 0 Å². The van der Waals surface area contributed by atoms with Gasteiger partial charge >= 0.3 is 0 Å². The van der Waals surface area contributed by atoms with Crippen LogP contribution in [0.25, 0.3) is 10.9 Å². The molecule has 4 aromatic rings. The number of nitrogen functional groups attached to an aromatic ring is 1. The molecule has 3 N–H and O–H groups in total. The van der Waals surface area contributed by atoms with Crippen LogP contribution >= 0.6 is 0 Å². The predicted molar refractivity (Wildman–Crippen MR) is 110 cm³/mol. The van der Waals surface area contributed by atoms with E-state index in [4.69, 9.17) is 10.6 Å². The molecular weight excluding hydrogens is 373 g/mol. The maximum Gasteiger partial charge on any atom is 0.144 e. The summed E-state index contributed by atoms with van der Waals surface area (Å²) in [6.45, 7) is 0.481. The smallest absolute Gasteiger partial charge is 0.144 e. The Hall–Kier alpha value is -4.01. The number of fused-ring (bicyclic) bond motifs is 1. The lowest BCUT2D eigenvalue weighted by atomic mass is 10.2. The lowest BCUT2D eigenvalue weighted by molar-refractivity contribution is 0.215. The summed E-state index contributed by atoms with van der Waals surface area (Å²) >= 11 is 0. The largest absolute Gasteiger partial charge is 0.399 e. The zero-order valence-corrected chi connectivity index (χ0v) is 15.6. The Balaban J connectivity index is 1.60. The lowest BCUT2D eigenvalue weighted by Crippen LogP contribution is -2.04. The normalized spacial score (nSPS) is 11.2. The van der Waals surface area contributed by atoms with Crippen LogP contribution in [-0.2, 0) is 11.4 Å². The number of aromatic nitrogens is 4. The van der Waals surface area contributed by atoms with Crippen LogP contribution < -0.4 is 11.1 Å². The van der Waals surface area contributed by atoms with Gasteiger partial charge in [0.2, 0.25) is 0 Å². The fraction of sp³-hybridized carbons (Fsp3) is 0.100. The molecule has 0 unspecified atom stereocenters. The Bertz CT molecular complexity index is 1190. The quantitative estimate of drug-likeness (QED) is 0.386. The van der Waals surface area contributed by atoms with Crippen molar-refractivity contribution >= 4 is 34.4 Å². The Kier molecular flexibility index (Phi) is 5.02. The minimum atomic E-state index is -0.261. The van der Waals surface area contributed by atoms with E-state index in [0.29, 0.717) is 17.9 Å². The summed E-state index contributed by atoms with van der Waals surface area (Å²) in [5.41, 5.74) is 8.91. The number of nitrogens with two attached hydrogens (primary N) is 1. The number of hydrogen-bond acceptors (Lipinski definition) is 7. The Morgan fingerprint density at radius 1 is 1.24 bits per heavy atom. The van der Waals surface area contributed by atoms with Gasteiger partial charge in [-0.3, -0.25) is 4.68 Å². The van der Waals surface area contributed by atoms with E-state index in [1.807, 2.05) is 30.5 Å². The van der Waals surface area contributed by atoms with E-state index in [1.54, 1.807) is 10.7 Å². The molecule has 9 heteroatoms. The van der Waals surface area contributed by atoms with Crippen molar-refractivity contribution < 1.29 is 9.23 Å². The van der Waals surface area contributed by atoms with E-state index in [9.17, 15) is 4.39 Å². The van der Waals surface area contributed by atoms with Gasteiger partial charge in [0.1, 0.15) is 30.9 Å². The highest BCUT2D eigenvalue weighted by Crippen LogP contribution is 2.24. The van der Waals surface area contributed by atoms with Crippen LogP contribution in [0.2, 0.25) is 0 Å². The molecule has 4 rings (SSSR count). The van der Waals surface area contributed by atoms with Gasteiger partial charge < -0.3 is 15.9 Å². The maximum absolute atomic E-state index is 13.4. The van der Waals surface area contributed by atoms with Crippen LogP contribution in [0.3, 0.4) is 0 Å². The first-order chi connectivity index (χ1) is 14.1.